The van der Waals surface area contributed by atoms with Gasteiger partial charge in [0.2, 0.25) is 0 Å². The molecule has 0 radical (unpaired) electrons. The fraction of sp³-hybridized carbons (Fsp3) is 0.361. The van der Waals surface area contributed by atoms with Crippen LogP contribution in [0.3, 0.4) is 0 Å². The van der Waals surface area contributed by atoms with Crippen LogP contribution in [0.5, 0.6) is 0 Å². The summed E-state index contributed by atoms with van der Waals surface area (Å²) in [6.45, 7) is 12.4. The van der Waals surface area contributed by atoms with Gasteiger partial charge in [-0.15, -0.1) is 22.7 Å². The maximum absolute atomic E-state index is 14.1. The third-order valence-corrected chi connectivity index (χ3v) is 10.9. The summed E-state index contributed by atoms with van der Waals surface area (Å²) >= 11 is 3.16. The lowest BCUT2D eigenvalue weighted by Gasteiger charge is -2.21. The molecule has 7 aromatic rings. The molecule has 1 aliphatic rings. The molecule has 0 fully saturated rings. The lowest BCUT2D eigenvalue weighted by Crippen LogP contribution is -2.23. The highest BCUT2D eigenvalue weighted by molar-refractivity contribution is 7.19. The minimum atomic E-state index is -0.547. The highest BCUT2D eigenvalue weighted by atomic mass is 32.1. The van der Waals surface area contributed by atoms with Crippen LogP contribution in [0.15, 0.2) is 41.2 Å². The van der Waals surface area contributed by atoms with E-state index < -0.39 is 10.8 Å². The SMILES string of the molecule is CC(C)(C)C(=O)OCCc1cc2c(nc3n2Cc2ccc4c5c2c-3ccc5c(=O)n2c3cc(CCOC(=O)C(C)(C)C)sc3nc42)s1. The molecule has 47 heavy (non-hydrogen) atoms. The molecule has 8 rings (SSSR count). The molecule has 1 aliphatic heterocycles. The van der Waals surface area contributed by atoms with E-state index in [-0.39, 0.29) is 24.1 Å². The Morgan fingerprint density at radius 3 is 2.02 bits per heavy atom. The number of pyridine rings is 1. The van der Waals surface area contributed by atoms with E-state index in [1.165, 1.54) is 11.3 Å². The van der Waals surface area contributed by atoms with E-state index in [9.17, 15) is 14.4 Å². The molecular weight excluding hydrogens is 633 g/mol. The molecule has 2 aromatic carbocycles. The average molecular weight is 667 g/mol. The van der Waals surface area contributed by atoms with Crippen LogP contribution < -0.4 is 5.56 Å². The number of imidazole rings is 2. The van der Waals surface area contributed by atoms with Crippen molar-refractivity contribution >= 4 is 82.5 Å². The number of rotatable bonds is 6. The Kier molecular flexibility index (Phi) is 6.59. The maximum atomic E-state index is 14.1. The molecule has 0 amide bonds. The number of ether oxygens (including phenoxy) is 2. The zero-order chi connectivity index (χ0) is 33.0. The molecule has 0 saturated heterocycles. The first kappa shape index (κ1) is 30.0. The molecule has 0 atom stereocenters. The first-order valence-corrected chi connectivity index (χ1v) is 17.4. The summed E-state index contributed by atoms with van der Waals surface area (Å²) < 4.78 is 14.9. The van der Waals surface area contributed by atoms with Crippen LogP contribution in [0.2, 0.25) is 0 Å². The van der Waals surface area contributed by atoms with Crippen molar-refractivity contribution in [2.24, 2.45) is 10.8 Å². The van der Waals surface area contributed by atoms with Gasteiger partial charge >= 0.3 is 11.9 Å². The Hall–Kier alpha value is -4.35. The van der Waals surface area contributed by atoms with E-state index in [1.807, 2.05) is 59.7 Å². The molecule has 5 aromatic heterocycles. The van der Waals surface area contributed by atoms with Gasteiger partial charge in [-0.2, -0.15) is 0 Å². The van der Waals surface area contributed by atoms with Crippen LogP contribution in [0, 0.1) is 10.8 Å². The molecule has 0 aliphatic carbocycles. The third kappa shape index (κ3) is 4.73. The Bertz CT molecular complexity index is 2490. The van der Waals surface area contributed by atoms with Crippen LogP contribution in [0.4, 0.5) is 0 Å². The van der Waals surface area contributed by atoms with Gasteiger partial charge in [0, 0.05) is 44.3 Å². The predicted octanol–water partition coefficient (Wildman–Crippen LogP) is 7.36. The van der Waals surface area contributed by atoms with Gasteiger partial charge in [-0.3, -0.25) is 18.8 Å². The van der Waals surface area contributed by atoms with Gasteiger partial charge in [-0.05, 0) is 76.8 Å². The normalized spacial score (nSPS) is 13.4. The van der Waals surface area contributed by atoms with Gasteiger partial charge in [0.25, 0.3) is 5.56 Å². The second-order valence-electron chi connectivity index (χ2n) is 14.4. The standard InChI is InChI=1S/C36H34N4O5S2/c1-35(2,3)33(42)44-13-11-19-15-24-30(46-19)37-28-21-9-10-23-27-22(8-7-18(26(21)27)17-39(24)28)29-38-31-25(40(29)32(23)41)16-20(47-31)12-14-45-34(43)36(4,5)6/h7-10,15-16H,11-14,17H2,1-6H3. The van der Waals surface area contributed by atoms with Crippen molar-refractivity contribution in [1.82, 2.24) is 18.9 Å². The fourth-order valence-electron chi connectivity index (χ4n) is 6.34. The Morgan fingerprint density at radius 2 is 1.38 bits per heavy atom. The third-order valence-electron chi connectivity index (χ3n) is 8.78. The van der Waals surface area contributed by atoms with Crippen molar-refractivity contribution in [1.29, 1.82) is 0 Å². The van der Waals surface area contributed by atoms with E-state index >= 15 is 0 Å². The van der Waals surface area contributed by atoms with Crippen LogP contribution in [0.25, 0.3) is 59.3 Å². The van der Waals surface area contributed by atoms with Crippen LogP contribution in [-0.2, 0) is 38.4 Å². The largest absolute Gasteiger partial charge is 0.465 e. The summed E-state index contributed by atoms with van der Waals surface area (Å²) in [7, 11) is 0. The van der Waals surface area contributed by atoms with Crippen molar-refractivity contribution in [2.45, 2.75) is 60.9 Å². The number of thiophene rings is 2. The number of nitrogens with zero attached hydrogens (tertiary/aromatic N) is 4. The first-order valence-electron chi connectivity index (χ1n) is 15.8. The minimum Gasteiger partial charge on any atom is -0.465 e. The van der Waals surface area contributed by atoms with E-state index in [1.54, 1.807) is 15.7 Å². The second kappa shape index (κ2) is 10.3. The lowest BCUT2D eigenvalue weighted by atomic mass is 9.91. The van der Waals surface area contributed by atoms with Crippen molar-refractivity contribution < 1.29 is 19.1 Å². The molecule has 9 nitrogen and oxygen atoms in total. The van der Waals surface area contributed by atoms with Gasteiger partial charge in [-0.25, -0.2) is 9.97 Å². The number of benzene rings is 2. The lowest BCUT2D eigenvalue weighted by molar-refractivity contribution is -0.153. The van der Waals surface area contributed by atoms with E-state index in [0.29, 0.717) is 37.0 Å². The Labute approximate surface area is 278 Å². The molecule has 0 bridgehead atoms. The van der Waals surface area contributed by atoms with Crippen LogP contribution >= 0.6 is 22.7 Å². The molecule has 0 N–H and O–H groups in total. The Balaban J connectivity index is 1.15. The van der Waals surface area contributed by atoms with Crippen LogP contribution in [0.1, 0.15) is 56.9 Å². The van der Waals surface area contributed by atoms with Crippen LogP contribution in [-0.4, -0.2) is 44.1 Å². The summed E-state index contributed by atoms with van der Waals surface area (Å²) in [6.07, 6.45) is 1.22. The van der Waals surface area contributed by atoms with Crippen molar-refractivity contribution in [3.05, 3.63) is 62.1 Å². The van der Waals surface area contributed by atoms with Gasteiger partial charge in [0.05, 0.1) is 41.6 Å². The number of fused-ring (bicyclic) bond motifs is 8. The molecule has 0 unspecified atom stereocenters. The molecular formula is C36H34N4O5S2. The highest BCUT2D eigenvalue weighted by Crippen LogP contribution is 2.43. The topological polar surface area (TPSA) is 105 Å². The smallest absolute Gasteiger partial charge is 0.311 e. The van der Waals surface area contributed by atoms with Gasteiger partial charge in [0.1, 0.15) is 21.1 Å². The molecule has 0 spiro atoms. The van der Waals surface area contributed by atoms with Crippen molar-refractivity contribution in [2.75, 3.05) is 13.2 Å². The number of hydrogen-bond acceptors (Lipinski definition) is 9. The number of carbonyl (C=O) groups is 2. The minimum absolute atomic E-state index is 0.0890. The van der Waals surface area contributed by atoms with Gasteiger partial charge < -0.3 is 14.0 Å². The summed E-state index contributed by atoms with van der Waals surface area (Å²) in [4.78, 5) is 52.4. The second-order valence-corrected chi connectivity index (χ2v) is 16.6. The number of aromatic nitrogens is 4. The average Bonchev–Trinajstić information content (AvgIpc) is 3.75. The summed E-state index contributed by atoms with van der Waals surface area (Å²) in [5, 5.41) is 3.60. The quantitative estimate of drug-likeness (QED) is 0.171. The predicted molar refractivity (Wildman–Crippen MR) is 187 cm³/mol. The zero-order valence-electron chi connectivity index (χ0n) is 27.1. The van der Waals surface area contributed by atoms with Gasteiger partial charge in [0.15, 0.2) is 0 Å². The maximum Gasteiger partial charge on any atom is 0.311 e. The monoisotopic (exact) mass is 666 g/mol. The molecule has 11 heteroatoms. The zero-order valence-corrected chi connectivity index (χ0v) is 28.8. The highest BCUT2D eigenvalue weighted by Gasteiger charge is 2.28. The fourth-order valence-corrected chi connectivity index (χ4v) is 8.35. The first-order chi connectivity index (χ1) is 22.3. The van der Waals surface area contributed by atoms with Crippen molar-refractivity contribution in [3.8, 4) is 11.4 Å². The van der Waals surface area contributed by atoms with E-state index in [2.05, 4.69) is 22.8 Å². The summed E-state index contributed by atoms with van der Waals surface area (Å²) in [5.74, 6) is 0.468. The number of hydrogen-bond donors (Lipinski definition) is 0. The number of carbonyl (C=O) groups excluding carboxylic acids is 2. The summed E-state index contributed by atoms with van der Waals surface area (Å²) in [6, 6.07) is 12.4. The van der Waals surface area contributed by atoms with Gasteiger partial charge in [-0.1, -0.05) is 12.1 Å². The number of esters is 2. The molecule has 6 heterocycles. The van der Waals surface area contributed by atoms with E-state index in [4.69, 9.17) is 19.4 Å². The van der Waals surface area contributed by atoms with E-state index in [0.717, 1.165) is 63.6 Å². The molecule has 240 valence electrons. The Morgan fingerprint density at radius 1 is 0.787 bits per heavy atom. The summed E-state index contributed by atoms with van der Waals surface area (Å²) in [5.41, 5.74) is 3.50. The van der Waals surface area contributed by atoms with Crippen molar-refractivity contribution in [3.63, 3.8) is 0 Å². The molecule has 0 saturated carbocycles.